The largest absolute Gasteiger partial charge is 0.492 e. The molecule has 2 fully saturated rings. The second kappa shape index (κ2) is 8.80. The molecule has 150 valence electrons. The molecule has 0 spiro atoms. The summed E-state index contributed by atoms with van der Waals surface area (Å²) in [5.74, 6) is 0.305. The number of amides is 1. The molecule has 2 aliphatic rings. The molecule has 1 atom stereocenters. The summed E-state index contributed by atoms with van der Waals surface area (Å²) in [6.45, 7) is 4.54. The van der Waals surface area contributed by atoms with Crippen molar-refractivity contribution < 1.29 is 17.9 Å². The van der Waals surface area contributed by atoms with E-state index in [9.17, 15) is 13.2 Å². The zero-order valence-corrected chi connectivity index (χ0v) is 17.3. The first-order chi connectivity index (χ1) is 12.9. The van der Waals surface area contributed by atoms with Gasteiger partial charge >= 0.3 is 0 Å². The summed E-state index contributed by atoms with van der Waals surface area (Å²) in [5.41, 5.74) is 0. The predicted octanol–water partition coefficient (Wildman–Crippen LogP) is 3.15. The molecule has 6 nitrogen and oxygen atoms in total. The van der Waals surface area contributed by atoms with E-state index in [1.165, 1.54) is 16.4 Å². The van der Waals surface area contributed by atoms with E-state index >= 15 is 0 Å². The van der Waals surface area contributed by atoms with Gasteiger partial charge in [-0.2, -0.15) is 4.31 Å². The number of carbonyl (C=O) groups excluding carboxylic acids is 1. The average Bonchev–Trinajstić information content (AvgIpc) is 2.70. The monoisotopic (exact) mass is 414 g/mol. The van der Waals surface area contributed by atoms with Gasteiger partial charge in [-0.25, -0.2) is 8.42 Å². The van der Waals surface area contributed by atoms with E-state index in [2.05, 4.69) is 0 Å². The molecule has 27 heavy (non-hydrogen) atoms. The lowest BCUT2D eigenvalue weighted by molar-refractivity contribution is -0.137. The Labute approximate surface area is 166 Å². The van der Waals surface area contributed by atoms with Gasteiger partial charge in [0.05, 0.1) is 22.4 Å². The molecule has 3 rings (SSSR count). The van der Waals surface area contributed by atoms with Crippen LogP contribution in [0, 0.1) is 5.92 Å². The Morgan fingerprint density at radius 2 is 1.93 bits per heavy atom. The smallest absolute Gasteiger partial charge is 0.243 e. The number of carbonyl (C=O) groups is 1. The summed E-state index contributed by atoms with van der Waals surface area (Å²) in [5, 5.41) is 0.274. The minimum atomic E-state index is -3.69. The van der Waals surface area contributed by atoms with Crippen LogP contribution in [0.25, 0.3) is 0 Å². The number of hydrogen-bond acceptors (Lipinski definition) is 4. The van der Waals surface area contributed by atoms with Crippen LogP contribution < -0.4 is 4.74 Å². The van der Waals surface area contributed by atoms with Gasteiger partial charge in [0.25, 0.3) is 0 Å². The minimum absolute atomic E-state index is 0.0966. The van der Waals surface area contributed by atoms with Crippen LogP contribution in [-0.2, 0) is 14.8 Å². The molecule has 2 heterocycles. The second-order valence-electron chi connectivity index (χ2n) is 7.11. The fourth-order valence-corrected chi connectivity index (χ4v) is 5.65. The van der Waals surface area contributed by atoms with E-state index in [0.29, 0.717) is 25.3 Å². The maximum absolute atomic E-state index is 13.1. The zero-order valence-electron chi connectivity index (χ0n) is 15.7. The molecule has 1 aromatic rings. The van der Waals surface area contributed by atoms with Gasteiger partial charge in [-0.1, -0.05) is 11.6 Å². The molecule has 0 aliphatic carbocycles. The lowest BCUT2D eigenvalue weighted by Crippen LogP contribution is -2.47. The average molecular weight is 415 g/mol. The summed E-state index contributed by atoms with van der Waals surface area (Å²) in [6.07, 6.45) is 4.66. The van der Waals surface area contributed by atoms with Crippen molar-refractivity contribution in [1.82, 2.24) is 9.21 Å². The van der Waals surface area contributed by atoms with E-state index in [1.807, 2.05) is 11.8 Å². The number of ether oxygens (including phenoxy) is 1. The number of rotatable bonds is 5. The third-order valence-electron chi connectivity index (χ3n) is 5.24. The van der Waals surface area contributed by atoms with Crippen molar-refractivity contribution in [2.45, 2.75) is 43.9 Å². The van der Waals surface area contributed by atoms with Crippen LogP contribution in [0.5, 0.6) is 5.75 Å². The first-order valence-corrected chi connectivity index (χ1v) is 11.5. The molecule has 8 heteroatoms. The van der Waals surface area contributed by atoms with Crippen LogP contribution in [0.2, 0.25) is 5.02 Å². The van der Waals surface area contributed by atoms with E-state index in [-0.39, 0.29) is 28.3 Å². The third-order valence-corrected chi connectivity index (χ3v) is 7.40. The summed E-state index contributed by atoms with van der Waals surface area (Å²) in [6, 6.07) is 4.53. The molecule has 2 saturated heterocycles. The van der Waals surface area contributed by atoms with Crippen LogP contribution >= 0.6 is 11.6 Å². The first-order valence-electron chi connectivity index (χ1n) is 9.64. The van der Waals surface area contributed by atoms with Crippen molar-refractivity contribution in [2.24, 2.45) is 5.92 Å². The molecular formula is C19H27ClN2O4S. The highest BCUT2D eigenvalue weighted by Crippen LogP contribution is 2.31. The maximum Gasteiger partial charge on any atom is 0.243 e. The summed E-state index contributed by atoms with van der Waals surface area (Å²) in [4.78, 5) is 14.8. The molecule has 2 aliphatic heterocycles. The van der Waals surface area contributed by atoms with Crippen molar-refractivity contribution in [3.05, 3.63) is 23.2 Å². The lowest BCUT2D eigenvalue weighted by Gasteiger charge is -2.35. The number of nitrogens with zero attached hydrogens (tertiary/aromatic N) is 2. The molecule has 0 N–H and O–H groups in total. The molecule has 0 saturated carbocycles. The third kappa shape index (κ3) is 4.58. The first kappa shape index (κ1) is 20.4. The van der Waals surface area contributed by atoms with Gasteiger partial charge in [0.15, 0.2) is 0 Å². The molecule has 0 bridgehead atoms. The number of sulfonamides is 1. The summed E-state index contributed by atoms with van der Waals surface area (Å²) < 4.78 is 32.9. The van der Waals surface area contributed by atoms with Gasteiger partial charge < -0.3 is 9.64 Å². The fourth-order valence-electron chi connectivity index (χ4n) is 3.80. The van der Waals surface area contributed by atoms with E-state index in [4.69, 9.17) is 16.3 Å². The van der Waals surface area contributed by atoms with Crippen LogP contribution in [0.1, 0.15) is 39.0 Å². The van der Waals surface area contributed by atoms with Gasteiger partial charge in [0, 0.05) is 26.2 Å². The Bertz CT molecular complexity index is 778. The van der Waals surface area contributed by atoms with E-state index in [1.54, 1.807) is 6.07 Å². The predicted molar refractivity (Wildman–Crippen MR) is 105 cm³/mol. The molecule has 0 aromatic heterocycles. The topological polar surface area (TPSA) is 66.9 Å². The quantitative estimate of drug-likeness (QED) is 0.742. The van der Waals surface area contributed by atoms with E-state index < -0.39 is 10.0 Å². The number of benzene rings is 1. The minimum Gasteiger partial charge on any atom is -0.492 e. The van der Waals surface area contributed by atoms with Gasteiger partial charge in [-0.15, -0.1) is 0 Å². The Morgan fingerprint density at radius 3 is 2.59 bits per heavy atom. The fraction of sp³-hybridized carbons (Fsp3) is 0.632. The van der Waals surface area contributed by atoms with Crippen LogP contribution in [0.4, 0.5) is 0 Å². The number of likely N-dealkylation sites (tertiary alicyclic amines) is 1. The van der Waals surface area contributed by atoms with Gasteiger partial charge in [0.1, 0.15) is 5.75 Å². The summed E-state index contributed by atoms with van der Waals surface area (Å²) in [7, 11) is -3.69. The normalized spacial score (nSPS) is 21.9. The molecule has 0 unspecified atom stereocenters. The Balaban J connectivity index is 1.74. The van der Waals surface area contributed by atoms with E-state index in [0.717, 1.165) is 38.8 Å². The number of hydrogen-bond donors (Lipinski definition) is 0. The van der Waals surface area contributed by atoms with Crippen molar-refractivity contribution in [3.8, 4) is 5.75 Å². The molecule has 1 amide bonds. The molecular weight excluding hydrogens is 388 g/mol. The van der Waals surface area contributed by atoms with Crippen LogP contribution in [0.3, 0.4) is 0 Å². The highest BCUT2D eigenvalue weighted by atomic mass is 35.5. The molecule has 1 aromatic carbocycles. The Kier molecular flexibility index (Phi) is 6.65. The van der Waals surface area contributed by atoms with Gasteiger partial charge in [0.2, 0.25) is 15.9 Å². The highest BCUT2D eigenvalue weighted by molar-refractivity contribution is 7.89. The Morgan fingerprint density at radius 1 is 1.19 bits per heavy atom. The van der Waals surface area contributed by atoms with Crippen molar-refractivity contribution in [3.63, 3.8) is 0 Å². The van der Waals surface area contributed by atoms with Gasteiger partial charge in [-0.05, 0) is 57.2 Å². The maximum atomic E-state index is 13.1. The lowest BCUT2D eigenvalue weighted by atomic mass is 9.97. The van der Waals surface area contributed by atoms with Crippen LogP contribution in [0.15, 0.2) is 23.1 Å². The van der Waals surface area contributed by atoms with Gasteiger partial charge in [-0.3, -0.25) is 4.79 Å². The second-order valence-corrected chi connectivity index (χ2v) is 9.46. The number of piperidine rings is 2. The van der Waals surface area contributed by atoms with Crippen molar-refractivity contribution in [1.29, 1.82) is 0 Å². The van der Waals surface area contributed by atoms with Crippen LogP contribution in [-0.4, -0.2) is 56.3 Å². The highest BCUT2D eigenvalue weighted by Gasteiger charge is 2.35. The summed E-state index contributed by atoms with van der Waals surface area (Å²) >= 11 is 6.17. The standard InChI is InChI=1S/C19H27ClN2O4S/c1-2-26-18-9-8-16(13-17(18)20)27(24,25)22-12-6-7-15(14-22)19(23)21-10-4-3-5-11-21/h8-9,13,15H,2-7,10-12,14H2,1H3/t15-/m1/s1. The van der Waals surface area contributed by atoms with Crippen molar-refractivity contribution in [2.75, 3.05) is 32.8 Å². The van der Waals surface area contributed by atoms with Crippen molar-refractivity contribution >= 4 is 27.5 Å². The zero-order chi connectivity index (χ0) is 19.4. The Hall–Kier alpha value is -1.31. The number of halogens is 1. The SMILES string of the molecule is CCOc1ccc(S(=O)(=O)N2CCC[C@@H](C(=O)N3CCCCC3)C2)cc1Cl. The molecule has 0 radical (unpaired) electrons.